The van der Waals surface area contributed by atoms with E-state index in [4.69, 9.17) is 4.74 Å². The zero-order valence-corrected chi connectivity index (χ0v) is 13.6. The predicted octanol–water partition coefficient (Wildman–Crippen LogP) is 3.48. The molecule has 1 N–H and O–H groups in total. The van der Waals surface area contributed by atoms with Gasteiger partial charge in [-0.15, -0.1) is 0 Å². The van der Waals surface area contributed by atoms with E-state index >= 15 is 0 Å². The van der Waals surface area contributed by atoms with Gasteiger partial charge in [0.25, 0.3) is 5.91 Å². The first-order valence-electron chi connectivity index (χ1n) is 6.60. The quantitative estimate of drug-likeness (QED) is 0.899. The summed E-state index contributed by atoms with van der Waals surface area (Å²) in [6.45, 7) is 2.40. The standard InChI is InChI=1S/C16H17BrN2O2/c1-11(15-7-6-14(17)9-18-15)19-16(20)13-5-3-4-12(8-13)10-21-2/h3-9,11H,10H2,1-2H3,(H,19,20). The molecular weight excluding hydrogens is 332 g/mol. The van der Waals surface area contributed by atoms with Crippen molar-refractivity contribution in [2.45, 2.75) is 19.6 Å². The van der Waals surface area contributed by atoms with Crippen molar-refractivity contribution in [1.29, 1.82) is 0 Å². The topological polar surface area (TPSA) is 51.2 Å². The van der Waals surface area contributed by atoms with Crippen LogP contribution in [0.2, 0.25) is 0 Å². The van der Waals surface area contributed by atoms with Crippen LogP contribution < -0.4 is 5.32 Å². The zero-order valence-electron chi connectivity index (χ0n) is 12.0. The smallest absolute Gasteiger partial charge is 0.251 e. The molecule has 0 aliphatic rings. The van der Waals surface area contributed by atoms with Gasteiger partial charge in [0.1, 0.15) is 0 Å². The molecular formula is C16H17BrN2O2. The number of carbonyl (C=O) groups is 1. The van der Waals surface area contributed by atoms with Gasteiger partial charge in [-0.05, 0) is 52.7 Å². The van der Waals surface area contributed by atoms with E-state index in [9.17, 15) is 4.79 Å². The third kappa shape index (κ3) is 4.37. The number of benzene rings is 1. The number of hydrogen-bond donors (Lipinski definition) is 1. The first kappa shape index (κ1) is 15.7. The number of nitrogens with zero attached hydrogens (tertiary/aromatic N) is 1. The van der Waals surface area contributed by atoms with Crippen LogP contribution in [-0.2, 0) is 11.3 Å². The van der Waals surface area contributed by atoms with Crippen LogP contribution in [0.1, 0.15) is 34.6 Å². The molecule has 0 aliphatic heterocycles. The third-order valence-corrected chi connectivity index (χ3v) is 3.51. The van der Waals surface area contributed by atoms with Crippen molar-refractivity contribution in [2.75, 3.05) is 7.11 Å². The summed E-state index contributed by atoms with van der Waals surface area (Å²) >= 11 is 3.34. The number of halogens is 1. The molecule has 1 amide bonds. The molecule has 0 saturated carbocycles. The Hall–Kier alpha value is -1.72. The fourth-order valence-corrected chi connectivity index (χ4v) is 2.20. The summed E-state index contributed by atoms with van der Waals surface area (Å²) in [5, 5.41) is 2.94. The zero-order chi connectivity index (χ0) is 15.2. The number of pyridine rings is 1. The largest absolute Gasteiger partial charge is 0.380 e. The Balaban J connectivity index is 2.06. The summed E-state index contributed by atoms with van der Waals surface area (Å²) in [5.74, 6) is -0.120. The summed E-state index contributed by atoms with van der Waals surface area (Å²) in [6.07, 6.45) is 1.72. The molecule has 2 aromatic rings. The average Bonchev–Trinajstić information content (AvgIpc) is 2.48. The lowest BCUT2D eigenvalue weighted by molar-refractivity contribution is 0.0939. The maximum Gasteiger partial charge on any atom is 0.251 e. The van der Waals surface area contributed by atoms with Gasteiger partial charge in [-0.25, -0.2) is 0 Å². The maximum absolute atomic E-state index is 12.3. The number of rotatable bonds is 5. The lowest BCUT2D eigenvalue weighted by Gasteiger charge is -2.14. The Morgan fingerprint density at radius 3 is 2.86 bits per heavy atom. The van der Waals surface area contributed by atoms with E-state index < -0.39 is 0 Å². The van der Waals surface area contributed by atoms with Gasteiger partial charge in [-0.2, -0.15) is 0 Å². The lowest BCUT2D eigenvalue weighted by Crippen LogP contribution is -2.27. The van der Waals surface area contributed by atoms with E-state index in [1.165, 1.54) is 0 Å². The number of ether oxygens (including phenoxy) is 1. The average molecular weight is 349 g/mol. The van der Waals surface area contributed by atoms with Gasteiger partial charge in [-0.1, -0.05) is 12.1 Å². The highest BCUT2D eigenvalue weighted by Gasteiger charge is 2.12. The first-order chi connectivity index (χ1) is 10.1. The Morgan fingerprint density at radius 2 is 2.19 bits per heavy atom. The normalized spacial score (nSPS) is 12.0. The van der Waals surface area contributed by atoms with Gasteiger partial charge < -0.3 is 10.1 Å². The molecule has 1 heterocycles. The highest BCUT2D eigenvalue weighted by molar-refractivity contribution is 9.10. The van der Waals surface area contributed by atoms with Gasteiger partial charge in [0.05, 0.1) is 18.3 Å². The monoisotopic (exact) mass is 348 g/mol. The second-order valence-corrected chi connectivity index (χ2v) is 5.65. The van der Waals surface area contributed by atoms with Crippen LogP contribution in [0, 0.1) is 0 Å². The minimum atomic E-state index is -0.156. The molecule has 110 valence electrons. The fraction of sp³-hybridized carbons (Fsp3) is 0.250. The fourth-order valence-electron chi connectivity index (χ4n) is 1.97. The van der Waals surface area contributed by atoms with Crippen molar-refractivity contribution < 1.29 is 9.53 Å². The molecule has 1 aromatic carbocycles. The summed E-state index contributed by atoms with van der Waals surface area (Å²) in [6, 6.07) is 11.0. The maximum atomic E-state index is 12.3. The minimum Gasteiger partial charge on any atom is -0.380 e. The second kappa shape index (κ2) is 7.33. The van der Waals surface area contributed by atoms with Crippen LogP contribution in [0.4, 0.5) is 0 Å². The molecule has 21 heavy (non-hydrogen) atoms. The molecule has 0 saturated heterocycles. The Morgan fingerprint density at radius 1 is 1.38 bits per heavy atom. The molecule has 4 nitrogen and oxygen atoms in total. The van der Waals surface area contributed by atoms with Crippen LogP contribution in [0.15, 0.2) is 47.1 Å². The Bertz CT molecular complexity index is 614. The number of aromatic nitrogens is 1. The summed E-state index contributed by atoms with van der Waals surface area (Å²) in [4.78, 5) is 16.6. The predicted molar refractivity (Wildman–Crippen MR) is 85.0 cm³/mol. The Kier molecular flexibility index (Phi) is 5.47. The van der Waals surface area contributed by atoms with Crippen LogP contribution in [0.3, 0.4) is 0 Å². The second-order valence-electron chi connectivity index (χ2n) is 4.73. The number of nitrogens with one attached hydrogen (secondary N) is 1. The van der Waals surface area contributed by atoms with E-state index in [0.29, 0.717) is 12.2 Å². The molecule has 0 fully saturated rings. The van der Waals surface area contributed by atoms with Crippen LogP contribution in [-0.4, -0.2) is 18.0 Å². The van der Waals surface area contributed by atoms with Gasteiger partial charge in [-0.3, -0.25) is 9.78 Å². The summed E-state index contributed by atoms with van der Waals surface area (Å²) < 4.78 is 5.99. The Labute approximate surface area is 132 Å². The number of amides is 1. The van der Waals surface area contributed by atoms with Crippen LogP contribution in [0.25, 0.3) is 0 Å². The molecule has 0 bridgehead atoms. The first-order valence-corrected chi connectivity index (χ1v) is 7.39. The minimum absolute atomic E-state index is 0.120. The van der Waals surface area contributed by atoms with E-state index in [-0.39, 0.29) is 11.9 Å². The van der Waals surface area contributed by atoms with Gasteiger partial charge >= 0.3 is 0 Å². The van der Waals surface area contributed by atoms with Gasteiger partial charge in [0, 0.05) is 23.3 Å². The van der Waals surface area contributed by atoms with Crippen LogP contribution >= 0.6 is 15.9 Å². The van der Waals surface area contributed by atoms with Crippen molar-refractivity contribution in [3.05, 3.63) is 63.9 Å². The summed E-state index contributed by atoms with van der Waals surface area (Å²) in [5.41, 5.74) is 2.41. The van der Waals surface area contributed by atoms with Crippen molar-refractivity contribution >= 4 is 21.8 Å². The number of methoxy groups -OCH3 is 1. The highest BCUT2D eigenvalue weighted by atomic mass is 79.9. The van der Waals surface area contributed by atoms with Crippen molar-refractivity contribution in [2.24, 2.45) is 0 Å². The molecule has 1 aromatic heterocycles. The van der Waals surface area contributed by atoms with Crippen LogP contribution in [0.5, 0.6) is 0 Å². The molecule has 1 unspecified atom stereocenters. The number of hydrogen-bond acceptors (Lipinski definition) is 3. The lowest BCUT2D eigenvalue weighted by atomic mass is 10.1. The van der Waals surface area contributed by atoms with E-state index in [2.05, 4.69) is 26.2 Å². The van der Waals surface area contributed by atoms with Crippen molar-refractivity contribution in [3.63, 3.8) is 0 Å². The van der Waals surface area contributed by atoms with Gasteiger partial charge in [0.2, 0.25) is 0 Å². The molecule has 5 heteroatoms. The SMILES string of the molecule is COCc1cccc(C(=O)NC(C)c2ccc(Br)cn2)c1. The van der Waals surface area contributed by atoms with Crippen molar-refractivity contribution in [1.82, 2.24) is 10.3 Å². The third-order valence-electron chi connectivity index (χ3n) is 3.04. The van der Waals surface area contributed by atoms with E-state index in [1.54, 1.807) is 19.4 Å². The summed E-state index contributed by atoms with van der Waals surface area (Å²) in [7, 11) is 1.63. The highest BCUT2D eigenvalue weighted by Crippen LogP contribution is 2.14. The number of carbonyl (C=O) groups excluding carboxylic acids is 1. The molecule has 1 atom stereocenters. The van der Waals surface area contributed by atoms with Crippen molar-refractivity contribution in [3.8, 4) is 0 Å². The molecule has 0 aliphatic carbocycles. The van der Waals surface area contributed by atoms with E-state index in [0.717, 1.165) is 15.7 Å². The van der Waals surface area contributed by atoms with Gasteiger partial charge in [0.15, 0.2) is 0 Å². The molecule has 2 rings (SSSR count). The molecule has 0 spiro atoms. The molecule has 0 radical (unpaired) electrons. The van der Waals surface area contributed by atoms with E-state index in [1.807, 2.05) is 37.3 Å².